The minimum absolute atomic E-state index is 0.00289. The lowest BCUT2D eigenvalue weighted by molar-refractivity contribution is -0.137. The number of aryl methyl sites for hydroxylation is 1. The smallest absolute Gasteiger partial charge is 0.243 e. The van der Waals surface area contributed by atoms with Crippen LogP contribution < -0.4 is 10.2 Å². The standard InChI is InChI=1S/C21H22FN3O3/c1-14-7-9-16(10-8-14)23-19(26)13-24(2)21(28)15-11-20(27)25(12-15)18-6-4-3-5-17(18)22/h3-10,15H,11-13H2,1-2H3,(H,23,26)/t15-/m1/s1. The quantitative estimate of drug-likeness (QED) is 0.863. The van der Waals surface area contributed by atoms with Gasteiger partial charge in [-0.15, -0.1) is 0 Å². The van der Waals surface area contributed by atoms with Crippen molar-refractivity contribution in [3.8, 4) is 0 Å². The molecule has 0 radical (unpaired) electrons. The van der Waals surface area contributed by atoms with Crippen LogP contribution in [0.1, 0.15) is 12.0 Å². The number of para-hydroxylation sites is 1. The summed E-state index contributed by atoms with van der Waals surface area (Å²) in [6, 6.07) is 13.3. The minimum atomic E-state index is -0.607. The third kappa shape index (κ3) is 4.36. The second kappa shape index (κ2) is 8.21. The molecule has 2 aromatic rings. The monoisotopic (exact) mass is 383 g/mol. The van der Waals surface area contributed by atoms with Crippen molar-refractivity contribution >= 4 is 29.1 Å². The van der Waals surface area contributed by atoms with E-state index in [1.165, 1.54) is 29.0 Å². The van der Waals surface area contributed by atoms with Crippen molar-refractivity contribution in [1.82, 2.24) is 4.90 Å². The molecule has 0 spiro atoms. The Balaban J connectivity index is 1.59. The van der Waals surface area contributed by atoms with E-state index in [1.807, 2.05) is 19.1 Å². The predicted octanol–water partition coefficient (Wildman–Crippen LogP) is 2.58. The molecule has 1 saturated heterocycles. The van der Waals surface area contributed by atoms with Gasteiger partial charge in [0.2, 0.25) is 17.7 Å². The third-order valence-corrected chi connectivity index (χ3v) is 4.71. The van der Waals surface area contributed by atoms with Gasteiger partial charge in [-0.2, -0.15) is 0 Å². The Morgan fingerprint density at radius 2 is 1.86 bits per heavy atom. The molecule has 3 rings (SSSR count). The number of anilines is 2. The van der Waals surface area contributed by atoms with E-state index >= 15 is 0 Å². The third-order valence-electron chi connectivity index (χ3n) is 4.71. The van der Waals surface area contributed by atoms with Crippen LogP contribution in [0, 0.1) is 18.7 Å². The van der Waals surface area contributed by atoms with Gasteiger partial charge in [0.1, 0.15) is 5.82 Å². The van der Waals surface area contributed by atoms with Gasteiger partial charge in [-0.1, -0.05) is 29.8 Å². The molecule has 7 heteroatoms. The van der Waals surface area contributed by atoms with Crippen molar-refractivity contribution in [3.63, 3.8) is 0 Å². The van der Waals surface area contributed by atoms with Crippen molar-refractivity contribution in [2.45, 2.75) is 13.3 Å². The number of halogens is 1. The zero-order chi connectivity index (χ0) is 20.3. The lowest BCUT2D eigenvalue weighted by Crippen LogP contribution is -2.39. The number of rotatable bonds is 5. The lowest BCUT2D eigenvalue weighted by atomic mass is 10.1. The summed E-state index contributed by atoms with van der Waals surface area (Å²) in [4.78, 5) is 39.7. The SMILES string of the molecule is Cc1ccc(NC(=O)CN(C)C(=O)[C@@H]2CC(=O)N(c3ccccc3F)C2)cc1. The summed E-state index contributed by atoms with van der Waals surface area (Å²) in [6.45, 7) is 1.92. The largest absolute Gasteiger partial charge is 0.336 e. The Bertz CT molecular complexity index is 898. The van der Waals surface area contributed by atoms with Crippen LogP contribution in [0.15, 0.2) is 48.5 Å². The predicted molar refractivity (Wildman–Crippen MR) is 104 cm³/mol. The summed E-state index contributed by atoms with van der Waals surface area (Å²) in [5.41, 5.74) is 1.90. The Kier molecular flexibility index (Phi) is 5.73. The highest BCUT2D eigenvalue weighted by molar-refractivity contribution is 6.01. The van der Waals surface area contributed by atoms with E-state index in [0.29, 0.717) is 5.69 Å². The number of benzene rings is 2. The van der Waals surface area contributed by atoms with Gasteiger partial charge in [0.05, 0.1) is 18.2 Å². The molecule has 0 saturated carbocycles. The Morgan fingerprint density at radius 1 is 1.18 bits per heavy atom. The average Bonchev–Trinajstić information content (AvgIpc) is 3.04. The number of likely N-dealkylation sites (N-methyl/N-ethyl adjacent to an activating group) is 1. The molecule has 0 aromatic heterocycles. The molecule has 146 valence electrons. The van der Waals surface area contributed by atoms with Crippen molar-refractivity contribution in [2.75, 3.05) is 30.4 Å². The Labute approximate surface area is 162 Å². The summed E-state index contributed by atoms with van der Waals surface area (Å²) in [5, 5.41) is 2.74. The second-order valence-corrected chi connectivity index (χ2v) is 6.97. The number of hydrogen-bond donors (Lipinski definition) is 1. The number of nitrogens with one attached hydrogen (secondary N) is 1. The number of nitrogens with zero attached hydrogens (tertiary/aromatic N) is 2. The van der Waals surface area contributed by atoms with Crippen LogP contribution in [-0.2, 0) is 14.4 Å². The van der Waals surface area contributed by atoms with Crippen LogP contribution in [0.4, 0.5) is 15.8 Å². The van der Waals surface area contributed by atoms with Crippen molar-refractivity contribution in [3.05, 3.63) is 59.9 Å². The molecule has 1 aliphatic rings. The van der Waals surface area contributed by atoms with Crippen LogP contribution in [0.25, 0.3) is 0 Å². The van der Waals surface area contributed by atoms with Crippen LogP contribution >= 0.6 is 0 Å². The number of amides is 3. The molecule has 0 aliphatic carbocycles. The van der Waals surface area contributed by atoms with E-state index in [9.17, 15) is 18.8 Å². The first-order valence-electron chi connectivity index (χ1n) is 9.01. The van der Waals surface area contributed by atoms with Gasteiger partial charge in [-0.25, -0.2) is 4.39 Å². The highest BCUT2D eigenvalue weighted by Crippen LogP contribution is 2.28. The molecule has 1 aliphatic heterocycles. The molecule has 0 unspecified atom stereocenters. The van der Waals surface area contributed by atoms with Crippen LogP contribution in [0.2, 0.25) is 0 Å². The van der Waals surface area contributed by atoms with Crippen LogP contribution in [0.3, 0.4) is 0 Å². The highest BCUT2D eigenvalue weighted by atomic mass is 19.1. The van der Waals surface area contributed by atoms with E-state index < -0.39 is 11.7 Å². The van der Waals surface area contributed by atoms with Crippen molar-refractivity contribution in [2.24, 2.45) is 5.92 Å². The number of carbonyl (C=O) groups excluding carboxylic acids is 3. The lowest BCUT2D eigenvalue weighted by Gasteiger charge is -2.21. The van der Waals surface area contributed by atoms with E-state index in [4.69, 9.17) is 0 Å². The number of carbonyl (C=O) groups is 3. The first-order valence-corrected chi connectivity index (χ1v) is 9.01. The molecule has 0 bridgehead atoms. The normalized spacial score (nSPS) is 16.2. The van der Waals surface area contributed by atoms with Crippen LogP contribution in [-0.4, -0.2) is 42.8 Å². The van der Waals surface area contributed by atoms with E-state index in [-0.39, 0.29) is 42.9 Å². The van der Waals surface area contributed by atoms with Gasteiger partial charge in [-0.05, 0) is 31.2 Å². The zero-order valence-electron chi connectivity index (χ0n) is 15.8. The van der Waals surface area contributed by atoms with Gasteiger partial charge >= 0.3 is 0 Å². The first-order chi connectivity index (χ1) is 13.3. The fourth-order valence-corrected chi connectivity index (χ4v) is 3.22. The summed E-state index contributed by atoms with van der Waals surface area (Å²) in [5.74, 6) is -2.05. The van der Waals surface area contributed by atoms with Gasteiger partial charge in [0.15, 0.2) is 0 Å². The maximum atomic E-state index is 14.0. The highest BCUT2D eigenvalue weighted by Gasteiger charge is 2.37. The van der Waals surface area contributed by atoms with Crippen molar-refractivity contribution in [1.29, 1.82) is 0 Å². The zero-order valence-corrected chi connectivity index (χ0v) is 15.8. The molecule has 2 aromatic carbocycles. The molecular weight excluding hydrogens is 361 g/mol. The van der Waals surface area contributed by atoms with Crippen molar-refractivity contribution < 1.29 is 18.8 Å². The fourth-order valence-electron chi connectivity index (χ4n) is 3.22. The molecule has 1 fully saturated rings. The first kappa shape index (κ1) is 19.5. The fraction of sp³-hybridized carbons (Fsp3) is 0.286. The van der Waals surface area contributed by atoms with E-state index in [2.05, 4.69) is 5.32 Å². The van der Waals surface area contributed by atoms with E-state index in [0.717, 1.165) is 5.56 Å². The number of hydrogen-bond acceptors (Lipinski definition) is 3. The maximum Gasteiger partial charge on any atom is 0.243 e. The summed E-state index contributed by atoms with van der Waals surface area (Å²) in [7, 11) is 1.52. The molecule has 28 heavy (non-hydrogen) atoms. The molecular formula is C21H22FN3O3. The van der Waals surface area contributed by atoms with Crippen LogP contribution in [0.5, 0.6) is 0 Å². The summed E-state index contributed by atoms with van der Waals surface area (Å²) < 4.78 is 14.0. The maximum absolute atomic E-state index is 14.0. The topological polar surface area (TPSA) is 69.7 Å². The Hall–Kier alpha value is -3.22. The molecule has 6 nitrogen and oxygen atoms in total. The molecule has 3 amide bonds. The van der Waals surface area contributed by atoms with Gasteiger partial charge in [0, 0.05) is 25.7 Å². The van der Waals surface area contributed by atoms with Gasteiger partial charge < -0.3 is 15.1 Å². The summed E-state index contributed by atoms with van der Waals surface area (Å²) >= 11 is 0. The van der Waals surface area contributed by atoms with Gasteiger partial charge in [0.25, 0.3) is 0 Å². The average molecular weight is 383 g/mol. The minimum Gasteiger partial charge on any atom is -0.336 e. The van der Waals surface area contributed by atoms with Gasteiger partial charge in [-0.3, -0.25) is 14.4 Å². The summed E-state index contributed by atoms with van der Waals surface area (Å²) in [6.07, 6.45) is -0.00289. The van der Waals surface area contributed by atoms with E-state index in [1.54, 1.807) is 24.3 Å². The Morgan fingerprint density at radius 3 is 2.54 bits per heavy atom. The molecule has 1 heterocycles. The molecule has 1 atom stereocenters. The molecule has 1 N–H and O–H groups in total. The second-order valence-electron chi connectivity index (χ2n) is 6.97.